The predicted octanol–water partition coefficient (Wildman–Crippen LogP) is 5.75. The molecule has 0 bridgehead atoms. The molecule has 2 unspecified atom stereocenters. The largest absolute Gasteiger partial charge is 0.479 e. The standard InChI is InChI=1S/C37H45F4N3O7/c1-36(2,3)22-12-8-9-13-25(22)42-34(48)35(49)44-16-15-21(20-11-7-10-14-27(20)44)33(47)43-26(18-29(46)51-37(4,5)6)28(45)19-50-32-30(40)23(38)17-24(39)31(32)41/h8-9,12-13,17,20-21,26-27H,7,10-11,14-16,18-19H2,1-6H3,(H,42,48)(H,43,47)/t20?,21-,26+,27?/m1/s1. The van der Waals surface area contributed by atoms with E-state index < -0.39 is 95.1 Å². The molecule has 0 spiro atoms. The maximum absolute atomic E-state index is 14.2. The summed E-state index contributed by atoms with van der Waals surface area (Å²) in [5.41, 5.74) is 0.129. The number of carbonyl (C=O) groups is 5. The van der Waals surface area contributed by atoms with E-state index in [9.17, 15) is 41.5 Å². The summed E-state index contributed by atoms with van der Waals surface area (Å²) in [4.78, 5) is 68.2. The van der Waals surface area contributed by atoms with Crippen molar-refractivity contribution in [2.45, 2.75) is 103 Å². The number of ketones is 1. The molecule has 4 atom stereocenters. The second-order valence-electron chi connectivity index (χ2n) is 15.1. The lowest BCUT2D eigenvalue weighted by Gasteiger charge is -2.47. The highest BCUT2D eigenvalue weighted by atomic mass is 19.2. The van der Waals surface area contributed by atoms with Crippen LogP contribution < -0.4 is 15.4 Å². The molecule has 3 amide bonds. The van der Waals surface area contributed by atoms with Crippen molar-refractivity contribution < 1.29 is 51.0 Å². The van der Waals surface area contributed by atoms with E-state index in [0.717, 1.165) is 18.4 Å². The van der Waals surface area contributed by atoms with E-state index in [2.05, 4.69) is 10.6 Å². The van der Waals surface area contributed by atoms with E-state index in [1.165, 1.54) is 4.90 Å². The van der Waals surface area contributed by atoms with Crippen LogP contribution in [0.4, 0.5) is 23.2 Å². The number of esters is 1. The molecule has 2 fully saturated rings. The lowest BCUT2D eigenvalue weighted by molar-refractivity contribution is -0.157. The Kier molecular flexibility index (Phi) is 12.2. The van der Waals surface area contributed by atoms with Crippen molar-refractivity contribution in [3.05, 3.63) is 59.2 Å². The topological polar surface area (TPSA) is 131 Å². The van der Waals surface area contributed by atoms with Crippen LogP contribution in [-0.2, 0) is 34.1 Å². The van der Waals surface area contributed by atoms with E-state index in [-0.39, 0.29) is 30.4 Å². The van der Waals surface area contributed by atoms with Gasteiger partial charge in [-0.15, -0.1) is 0 Å². The van der Waals surface area contributed by atoms with Gasteiger partial charge in [-0.1, -0.05) is 51.8 Å². The lowest BCUT2D eigenvalue weighted by atomic mass is 9.71. The van der Waals surface area contributed by atoms with Crippen molar-refractivity contribution in [3.63, 3.8) is 0 Å². The molecule has 1 aliphatic heterocycles. The summed E-state index contributed by atoms with van der Waals surface area (Å²) in [6.45, 7) is 9.69. The van der Waals surface area contributed by atoms with Crippen molar-refractivity contribution in [3.8, 4) is 5.75 Å². The number of piperidine rings is 1. The van der Waals surface area contributed by atoms with Crippen LogP contribution in [0.5, 0.6) is 5.75 Å². The number of hydrogen-bond donors (Lipinski definition) is 2. The molecule has 0 radical (unpaired) electrons. The molecule has 1 heterocycles. The van der Waals surface area contributed by atoms with Crippen molar-refractivity contribution in [1.29, 1.82) is 0 Å². The fourth-order valence-electron chi connectivity index (χ4n) is 6.78. The van der Waals surface area contributed by atoms with Gasteiger partial charge in [0.15, 0.2) is 23.2 Å². The second kappa shape index (κ2) is 15.8. The first-order chi connectivity index (χ1) is 23.8. The number of amides is 3. The van der Waals surface area contributed by atoms with Gasteiger partial charge in [0.25, 0.3) is 0 Å². The number of rotatable bonds is 9. The van der Waals surface area contributed by atoms with Gasteiger partial charge in [0.2, 0.25) is 17.5 Å². The number of nitrogens with zero attached hydrogens (tertiary/aromatic N) is 1. The van der Waals surface area contributed by atoms with E-state index in [1.54, 1.807) is 32.9 Å². The summed E-state index contributed by atoms with van der Waals surface area (Å²) in [5.74, 6) is -13.8. The van der Waals surface area contributed by atoms with Gasteiger partial charge in [-0.3, -0.25) is 24.0 Å². The number of hydrogen-bond acceptors (Lipinski definition) is 7. The Morgan fingerprint density at radius 1 is 0.902 bits per heavy atom. The molecule has 2 aliphatic rings. The van der Waals surface area contributed by atoms with Crippen LogP contribution in [0, 0.1) is 35.1 Å². The number of anilines is 1. The minimum atomic E-state index is -1.86. The van der Waals surface area contributed by atoms with Gasteiger partial charge in [0.1, 0.15) is 18.2 Å². The molecule has 278 valence electrons. The molecule has 1 saturated heterocycles. The zero-order valence-corrected chi connectivity index (χ0v) is 29.7. The van der Waals surface area contributed by atoms with Crippen molar-refractivity contribution >= 4 is 35.2 Å². The first kappa shape index (κ1) is 39.3. The number of para-hydroxylation sites is 1. The number of benzene rings is 2. The minimum absolute atomic E-state index is 0.0131. The molecule has 0 aromatic heterocycles. The number of carbonyl (C=O) groups excluding carboxylic acids is 5. The number of likely N-dealkylation sites (tertiary alicyclic amines) is 1. The smallest absolute Gasteiger partial charge is 0.313 e. The summed E-state index contributed by atoms with van der Waals surface area (Å²) >= 11 is 0. The molecular weight excluding hydrogens is 674 g/mol. The predicted molar refractivity (Wildman–Crippen MR) is 179 cm³/mol. The number of halogens is 4. The van der Waals surface area contributed by atoms with Crippen LogP contribution in [0.1, 0.15) is 85.6 Å². The summed E-state index contributed by atoms with van der Waals surface area (Å²) in [5, 5.41) is 5.32. The summed E-state index contributed by atoms with van der Waals surface area (Å²) in [6, 6.07) is 5.18. The molecule has 4 rings (SSSR count). The van der Waals surface area contributed by atoms with Crippen LogP contribution in [0.25, 0.3) is 0 Å². The molecule has 2 aromatic carbocycles. The summed E-state index contributed by atoms with van der Waals surface area (Å²) in [7, 11) is 0. The third-order valence-corrected chi connectivity index (χ3v) is 9.08. The van der Waals surface area contributed by atoms with Gasteiger partial charge >= 0.3 is 17.8 Å². The van der Waals surface area contributed by atoms with Gasteiger partial charge in [-0.05, 0) is 63.0 Å². The Morgan fingerprint density at radius 2 is 1.53 bits per heavy atom. The van der Waals surface area contributed by atoms with Gasteiger partial charge in [-0.2, -0.15) is 8.78 Å². The Balaban J connectivity index is 1.50. The highest BCUT2D eigenvalue weighted by Crippen LogP contribution is 2.40. The number of fused-ring (bicyclic) bond motifs is 1. The molecule has 1 aliphatic carbocycles. The van der Waals surface area contributed by atoms with E-state index >= 15 is 0 Å². The highest BCUT2D eigenvalue weighted by Gasteiger charge is 2.46. The van der Waals surface area contributed by atoms with Crippen molar-refractivity contribution in [2.24, 2.45) is 11.8 Å². The number of Topliss-reactive ketones (excluding diaryl/α,β-unsaturated/α-hetero) is 1. The van der Waals surface area contributed by atoms with Crippen LogP contribution in [-0.4, -0.2) is 65.2 Å². The Bertz CT molecular complexity index is 1640. The second-order valence-corrected chi connectivity index (χ2v) is 15.1. The Morgan fingerprint density at radius 3 is 2.16 bits per heavy atom. The first-order valence-corrected chi connectivity index (χ1v) is 17.0. The third-order valence-electron chi connectivity index (χ3n) is 9.08. The molecule has 14 heteroatoms. The van der Waals surface area contributed by atoms with E-state index in [1.807, 2.05) is 32.9 Å². The Hall–Kier alpha value is -4.49. The van der Waals surface area contributed by atoms with Crippen LogP contribution >= 0.6 is 0 Å². The fourth-order valence-corrected chi connectivity index (χ4v) is 6.78. The number of ether oxygens (including phenoxy) is 2. The molecule has 1 saturated carbocycles. The molecular formula is C37H45F4N3O7. The summed E-state index contributed by atoms with van der Waals surface area (Å²) in [6.07, 6.45) is 2.09. The SMILES string of the molecule is CC(C)(C)OC(=O)C[C@H](NC(=O)[C@@H]1CCN(C(=O)C(=O)Nc2ccccc2C(C)(C)C)C2CCCCC21)C(=O)COc1c(F)c(F)cc(F)c1F. The zero-order valence-electron chi connectivity index (χ0n) is 29.7. The first-order valence-electron chi connectivity index (χ1n) is 17.0. The van der Waals surface area contributed by atoms with Crippen LogP contribution in [0.15, 0.2) is 30.3 Å². The average Bonchev–Trinajstić information content (AvgIpc) is 3.05. The van der Waals surface area contributed by atoms with Crippen LogP contribution in [0.3, 0.4) is 0 Å². The highest BCUT2D eigenvalue weighted by molar-refractivity contribution is 6.39. The Labute approximate surface area is 294 Å². The van der Waals surface area contributed by atoms with Crippen molar-refractivity contribution in [2.75, 3.05) is 18.5 Å². The third kappa shape index (κ3) is 9.65. The number of nitrogens with one attached hydrogen (secondary N) is 2. The maximum Gasteiger partial charge on any atom is 0.313 e. The fraction of sp³-hybridized carbons (Fsp3) is 0.541. The minimum Gasteiger partial charge on any atom is -0.479 e. The van der Waals surface area contributed by atoms with Gasteiger partial charge in [0.05, 0.1) is 6.42 Å². The maximum atomic E-state index is 14.2. The molecule has 2 N–H and O–H groups in total. The molecule has 10 nitrogen and oxygen atoms in total. The van der Waals surface area contributed by atoms with Crippen molar-refractivity contribution in [1.82, 2.24) is 10.2 Å². The average molecular weight is 720 g/mol. The van der Waals surface area contributed by atoms with Gasteiger partial charge in [-0.25, -0.2) is 8.78 Å². The monoisotopic (exact) mass is 719 g/mol. The van der Waals surface area contributed by atoms with Crippen LogP contribution in [0.2, 0.25) is 0 Å². The quantitative estimate of drug-likeness (QED) is 0.146. The normalized spacial score (nSPS) is 19.7. The summed E-state index contributed by atoms with van der Waals surface area (Å²) < 4.78 is 66.0. The zero-order chi connectivity index (χ0) is 37.8. The molecule has 2 aromatic rings. The van der Waals surface area contributed by atoms with E-state index in [0.29, 0.717) is 18.5 Å². The van der Waals surface area contributed by atoms with Gasteiger partial charge < -0.3 is 25.0 Å². The molecule has 51 heavy (non-hydrogen) atoms. The van der Waals surface area contributed by atoms with Gasteiger partial charge in [0, 0.05) is 30.3 Å². The van der Waals surface area contributed by atoms with E-state index in [4.69, 9.17) is 9.47 Å². The lowest BCUT2D eigenvalue weighted by Crippen LogP contribution is -2.58.